The van der Waals surface area contributed by atoms with Crippen LogP contribution in [-0.2, 0) is 11.8 Å². The van der Waals surface area contributed by atoms with Crippen molar-refractivity contribution < 1.29 is 9.53 Å². The normalized spacial score (nSPS) is 19.1. The Morgan fingerprint density at radius 3 is 2.83 bits per heavy atom. The number of hydrogen-bond acceptors (Lipinski definition) is 3. The molecule has 1 aliphatic heterocycles. The minimum atomic E-state index is -0.478. The largest absolute Gasteiger partial charge is 0.444 e. The molecule has 1 fully saturated rings. The van der Waals surface area contributed by atoms with Crippen LogP contribution >= 0.6 is 0 Å². The molecule has 1 atom stereocenters. The van der Waals surface area contributed by atoms with E-state index in [1.165, 1.54) is 10.9 Å². The second-order valence-electron chi connectivity index (χ2n) is 7.14. The van der Waals surface area contributed by atoms with Gasteiger partial charge in [0.25, 0.3) is 0 Å². The first-order valence-corrected chi connectivity index (χ1v) is 8.10. The van der Waals surface area contributed by atoms with E-state index in [0.717, 1.165) is 18.7 Å². The molecular weight excluding hydrogens is 290 g/mol. The number of nitrogens with one attached hydrogen (secondary N) is 1. The van der Waals surface area contributed by atoms with Crippen molar-refractivity contribution in [2.75, 3.05) is 19.6 Å². The van der Waals surface area contributed by atoms with Gasteiger partial charge in [-0.1, -0.05) is 12.1 Å². The van der Waals surface area contributed by atoms with Gasteiger partial charge in [-0.15, -0.1) is 0 Å². The second-order valence-corrected chi connectivity index (χ2v) is 7.14. The van der Waals surface area contributed by atoms with Gasteiger partial charge in [0.2, 0.25) is 0 Å². The highest BCUT2D eigenvalue weighted by Crippen LogP contribution is 2.27. The molecule has 5 nitrogen and oxygen atoms in total. The minimum Gasteiger partial charge on any atom is -0.444 e. The Morgan fingerprint density at radius 2 is 2.09 bits per heavy atom. The number of carbonyl (C=O) groups excluding carboxylic acids is 1. The molecule has 1 N–H and O–H groups in total. The summed E-state index contributed by atoms with van der Waals surface area (Å²) in [7, 11) is 2.04. The van der Waals surface area contributed by atoms with Crippen LogP contribution in [0, 0.1) is 0 Å². The standard InChI is InChI=1S/C18H25N3O2/c1-18(2,3)23-17(22)21-10-8-19-12-16(21)14-6-5-13-7-9-20(4)15(13)11-14/h5-7,9,11,16,19H,8,10,12H2,1-4H3. The van der Waals surface area contributed by atoms with E-state index in [1.54, 1.807) is 0 Å². The summed E-state index contributed by atoms with van der Waals surface area (Å²) < 4.78 is 7.68. The average molecular weight is 315 g/mol. The summed E-state index contributed by atoms with van der Waals surface area (Å²) in [5.74, 6) is 0. The summed E-state index contributed by atoms with van der Waals surface area (Å²) in [5.41, 5.74) is 1.84. The third kappa shape index (κ3) is 3.34. The zero-order valence-corrected chi connectivity index (χ0v) is 14.3. The maximum Gasteiger partial charge on any atom is 0.410 e. The van der Waals surface area contributed by atoms with Gasteiger partial charge in [0, 0.05) is 38.4 Å². The van der Waals surface area contributed by atoms with Crippen LogP contribution in [-0.4, -0.2) is 40.8 Å². The van der Waals surface area contributed by atoms with Crippen LogP contribution in [0.2, 0.25) is 0 Å². The molecule has 1 aliphatic rings. The Labute approximate surface area is 137 Å². The maximum atomic E-state index is 12.5. The Morgan fingerprint density at radius 1 is 1.30 bits per heavy atom. The summed E-state index contributed by atoms with van der Waals surface area (Å²) in [4.78, 5) is 14.4. The number of hydrogen-bond donors (Lipinski definition) is 1. The van der Waals surface area contributed by atoms with Gasteiger partial charge in [-0.2, -0.15) is 0 Å². The number of piperazine rings is 1. The molecule has 0 saturated carbocycles. The van der Waals surface area contributed by atoms with Crippen LogP contribution in [0.15, 0.2) is 30.5 Å². The van der Waals surface area contributed by atoms with E-state index >= 15 is 0 Å². The maximum absolute atomic E-state index is 12.5. The Kier molecular flexibility index (Phi) is 4.06. The van der Waals surface area contributed by atoms with Gasteiger partial charge in [-0.3, -0.25) is 4.90 Å². The Bertz CT molecular complexity index is 715. The van der Waals surface area contributed by atoms with Crippen molar-refractivity contribution in [3.05, 3.63) is 36.0 Å². The van der Waals surface area contributed by atoms with E-state index < -0.39 is 5.60 Å². The molecule has 1 saturated heterocycles. The molecule has 0 spiro atoms. The highest BCUT2D eigenvalue weighted by atomic mass is 16.6. The zero-order valence-electron chi connectivity index (χ0n) is 14.3. The molecule has 23 heavy (non-hydrogen) atoms. The topological polar surface area (TPSA) is 46.5 Å². The molecule has 3 rings (SSSR count). The molecule has 1 aromatic heterocycles. The van der Waals surface area contributed by atoms with Gasteiger partial charge in [0.05, 0.1) is 6.04 Å². The number of nitrogens with zero attached hydrogens (tertiary/aromatic N) is 2. The fraction of sp³-hybridized carbons (Fsp3) is 0.500. The summed E-state index contributed by atoms with van der Waals surface area (Å²) in [6.45, 7) is 7.90. The SMILES string of the molecule is Cn1ccc2ccc(C3CNCCN3C(=O)OC(C)(C)C)cc21. The zero-order chi connectivity index (χ0) is 16.6. The van der Waals surface area contributed by atoms with E-state index in [9.17, 15) is 4.79 Å². The molecule has 1 unspecified atom stereocenters. The smallest absolute Gasteiger partial charge is 0.410 e. The van der Waals surface area contributed by atoms with E-state index in [4.69, 9.17) is 4.74 Å². The van der Waals surface area contributed by atoms with Crippen molar-refractivity contribution >= 4 is 17.0 Å². The van der Waals surface area contributed by atoms with E-state index in [2.05, 4.69) is 40.3 Å². The van der Waals surface area contributed by atoms with E-state index in [0.29, 0.717) is 6.54 Å². The molecule has 1 aromatic carbocycles. The molecule has 2 heterocycles. The number of carbonyl (C=O) groups is 1. The monoisotopic (exact) mass is 315 g/mol. The van der Waals surface area contributed by atoms with Gasteiger partial charge >= 0.3 is 6.09 Å². The van der Waals surface area contributed by atoms with Gasteiger partial charge in [-0.05, 0) is 43.9 Å². The Hall–Kier alpha value is -2.01. The third-order valence-electron chi connectivity index (χ3n) is 4.17. The van der Waals surface area contributed by atoms with Crippen molar-refractivity contribution in [3.8, 4) is 0 Å². The molecule has 124 valence electrons. The highest BCUT2D eigenvalue weighted by Gasteiger charge is 2.31. The number of fused-ring (bicyclic) bond motifs is 1. The van der Waals surface area contributed by atoms with Gasteiger partial charge in [0.15, 0.2) is 0 Å². The predicted octanol–water partition coefficient (Wildman–Crippen LogP) is 3.06. The first-order chi connectivity index (χ1) is 10.8. The summed E-state index contributed by atoms with van der Waals surface area (Å²) >= 11 is 0. The van der Waals surface area contributed by atoms with Crippen molar-refractivity contribution in [1.29, 1.82) is 0 Å². The second kappa shape index (κ2) is 5.89. The average Bonchev–Trinajstić information content (AvgIpc) is 2.86. The highest BCUT2D eigenvalue weighted by molar-refractivity contribution is 5.81. The fourth-order valence-corrected chi connectivity index (χ4v) is 3.03. The van der Waals surface area contributed by atoms with Crippen LogP contribution in [0.4, 0.5) is 4.79 Å². The quantitative estimate of drug-likeness (QED) is 0.880. The minimum absolute atomic E-state index is 0.00194. The lowest BCUT2D eigenvalue weighted by Crippen LogP contribution is -2.50. The first-order valence-electron chi connectivity index (χ1n) is 8.10. The van der Waals surface area contributed by atoms with Gasteiger partial charge in [-0.25, -0.2) is 4.79 Å². The lowest BCUT2D eigenvalue weighted by molar-refractivity contribution is 0.0118. The van der Waals surface area contributed by atoms with Crippen LogP contribution in [0.5, 0.6) is 0 Å². The molecule has 0 aliphatic carbocycles. The predicted molar refractivity (Wildman–Crippen MR) is 91.5 cm³/mol. The number of rotatable bonds is 1. The molecule has 1 amide bonds. The lowest BCUT2D eigenvalue weighted by atomic mass is 10.0. The number of aromatic nitrogens is 1. The van der Waals surface area contributed by atoms with Crippen LogP contribution in [0.25, 0.3) is 10.9 Å². The van der Waals surface area contributed by atoms with Crippen molar-refractivity contribution in [2.45, 2.75) is 32.4 Å². The van der Waals surface area contributed by atoms with Crippen LogP contribution in [0.3, 0.4) is 0 Å². The first kappa shape index (κ1) is 15.9. The van der Waals surface area contributed by atoms with Crippen LogP contribution < -0.4 is 5.32 Å². The van der Waals surface area contributed by atoms with Gasteiger partial charge < -0.3 is 14.6 Å². The molecule has 5 heteroatoms. The van der Waals surface area contributed by atoms with Crippen LogP contribution in [0.1, 0.15) is 32.4 Å². The third-order valence-corrected chi connectivity index (χ3v) is 4.17. The molecular formula is C18H25N3O2. The molecule has 2 aromatic rings. The molecule has 0 radical (unpaired) electrons. The van der Waals surface area contributed by atoms with Crippen molar-refractivity contribution in [2.24, 2.45) is 7.05 Å². The number of amides is 1. The number of benzene rings is 1. The van der Waals surface area contributed by atoms with E-state index in [1.807, 2.05) is 32.7 Å². The lowest BCUT2D eigenvalue weighted by Gasteiger charge is -2.37. The summed E-state index contributed by atoms with van der Waals surface area (Å²) in [6.07, 6.45) is 1.81. The fourth-order valence-electron chi connectivity index (χ4n) is 3.03. The number of aryl methyl sites for hydroxylation is 1. The van der Waals surface area contributed by atoms with Crippen molar-refractivity contribution in [3.63, 3.8) is 0 Å². The number of ether oxygens (including phenoxy) is 1. The van der Waals surface area contributed by atoms with Crippen molar-refractivity contribution in [1.82, 2.24) is 14.8 Å². The Balaban J connectivity index is 1.90. The molecule has 0 bridgehead atoms. The van der Waals surface area contributed by atoms with E-state index in [-0.39, 0.29) is 12.1 Å². The summed E-state index contributed by atoms with van der Waals surface area (Å²) in [5, 5.41) is 4.59. The van der Waals surface area contributed by atoms with Gasteiger partial charge in [0.1, 0.15) is 5.60 Å². The summed E-state index contributed by atoms with van der Waals surface area (Å²) in [6, 6.07) is 8.50.